The molecule has 0 aliphatic carbocycles. The number of carbonyl (C=O) groups is 1. The van der Waals surface area contributed by atoms with Crippen LogP contribution in [0.4, 0.5) is 8.78 Å². The minimum absolute atomic E-state index is 0.0453. The quantitative estimate of drug-likeness (QED) is 0.905. The van der Waals surface area contributed by atoms with Crippen LogP contribution in [0.2, 0.25) is 0 Å². The highest BCUT2D eigenvalue weighted by atomic mass is 32.1. The Hall–Kier alpha value is -1.94. The fourth-order valence-electron chi connectivity index (χ4n) is 2.93. The molecule has 10 heteroatoms. The number of hydrogen-bond donors (Lipinski definition) is 1. The molecule has 1 amide bonds. The van der Waals surface area contributed by atoms with Gasteiger partial charge in [-0.3, -0.25) is 9.69 Å². The summed E-state index contributed by atoms with van der Waals surface area (Å²) in [6, 6.07) is 1.78. The number of nitrogens with zero attached hydrogens (tertiary/aromatic N) is 5. The number of hydrogen-bond acceptors (Lipinski definition) is 6. The van der Waals surface area contributed by atoms with Gasteiger partial charge in [0.05, 0.1) is 11.4 Å². The zero-order chi connectivity index (χ0) is 16.0. The summed E-state index contributed by atoms with van der Waals surface area (Å²) in [5, 5.41) is 15.4. The topological polar surface area (TPSA) is 78.0 Å². The Morgan fingerprint density at radius 1 is 1.43 bits per heavy atom. The van der Waals surface area contributed by atoms with Gasteiger partial charge in [0.1, 0.15) is 0 Å². The lowest BCUT2D eigenvalue weighted by molar-refractivity contribution is -0.00863. The highest BCUT2D eigenvalue weighted by Crippen LogP contribution is 2.31. The molecule has 0 unspecified atom stereocenters. The van der Waals surface area contributed by atoms with E-state index in [1.807, 2.05) is 0 Å². The van der Waals surface area contributed by atoms with Crippen LogP contribution < -0.4 is 0 Å². The van der Waals surface area contributed by atoms with Gasteiger partial charge in [0.25, 0.3) is 11.8 Å². The van der Waals surface area contributed by atoms with Gasteiger partial charge >= 0.3 is 0 Å². The van der Waals surface area contributed by atoms with Crippen LogP contribution in [0.15, 0.2) is 11.4 Å². The van der Waals surface area contributed by atoms with Crippen LogP contribution in [0, 0.1) is 0 Å². The first-order valence-corrected chi connectivity index (χ1v) is 8.13. The molecule has 0 bridgehead atoms. The van der Waals surface area contributed by atoms with Crippen molar-refractivity contribution >= 4 is 17.2 Å². The maximum absolute atomic E-state index is 13.2. The molecule has 2 aliphatic rings. The number of thiophene rings is 1. The number of aromatic amines is 1. The summed E-state index contributed by atoms with van der Waals surface area (Å²) in [4.78, 5) is 16.5. The summed E-state index contributed by atoms with van der Waals surface area (Å²) in [6.07, 6.45) is -0.0869. The summed E-state index contributed by atoms with van der Waals surface area (Å²) >= 11 is 1.32. The van der Waals surface area contributed by atoms with Crippen molar-refractivity contribution in [1.82, 2.24) is 30.4 Å². The lowest BCUT2D eigenvalue weighted by Crippen LogP contribution is -2.60. The fourth-order valence-corrected chi connectivity index (χ4v) is 3.78. The molecule has 2 aromatic rings. The average Bonchev–Trinajstić information content (AvgIpc) is 3.15. The second-order valence-electron chi connectivity index (χ2n) is 5.88. The van der Waals surface area contributed by atoms with E-state index in [4.69, 9.17) is 0 Å². The fraction of sp³-hybridized carbons (Fsp3) is 0.538. The Morgan fingerprint density at radius 3 is 2.91 bits per heavy atom. The van der Waals surface area contributed by atoms with Crippen molar-refractivity contribution in [3.8, 4) is 11.4 Å². The number of alkyl halides is 2. The number of carbonyl (C=O) groups excluding carboxylic acids is 1. The maximum Gasteiger partial charge on any atom is 0.264 e. The standard InChI is InChI=1S/C13H14F2N6OS/c14-13(15)1-2-20(7-13)9-4-21(5-9)12(22)10-3-8(6-23-10)11-16-18-19-17-11/h3,6,9H,1-2,4-5,7H2,(H,16,17,18,19). The van der Waals surface area contributed by atoms with Crippen molar-refractivity contribution in [1.29, 1.82) is 0 Å². The van der Waals surface area contributed by atoms with E-state index in [1.165, 1.54) is 11.3 Å². The van der Waals surface area contributed by atoms with Gasteiger partial charge in [0.2, 0.25) is 5.82 Å². The first kappa shape index (κ1) is 14.6. The van der Waals surface area contributed by atoms with E-state index in [1.54, 1.807) is 21.2 Å². The number of halogens is 2. The van der Waals surface area contributed by atoms with Crippen molar-refractivity contribution < 1.29 is 13.6 Å². The van der Waals surface area contributed by atoms with Crippen LogP contribution in [-0.4, -0.2) is 74.5 Å². The second kappa shape index (κ2) is 5.31. The van der Waals surface area contributed by atoms with Gasteiger partial charge < -0.3 is 4.90 Å². The average molecular weight is 340 g/mol. The zero-order valence-corrected chi connectivity index (χ0v) is 12.9. The molecule has 2 aromatic heterocycles. The Labute approximate surface area is 134 Å². The van der Waals surface area contributed by atoms with Crippen molar-refractivity contribution in [3.63, 3.8) is 0 Å². The molecule has 23 heavy (non-hydrogen) atoms. The molecule has 1 N–H and O–H groups in total. The molecule has 0 aromatic carbocycles. The molecule has 0 saturated carbocycles. The number of tetrazole rings is 1. The minimum Gasteiger partial charge on any atom is -0.335 e. The predicted octanol–water partition coefficient (Wildman–Crippen LogP) is 1.09. The van der Waals surface area contributed by atoms with Crippen molar-refractivity contribution in [3.05, 3.63) is 16.3 Å². The molecule has 2 fully saturated rings. The highest BCUT2D eigenvalue weighted by Gasteiger charge is 2.45. The molecular weight excluding hydrogens is 326 g/mol. The molecule has 4 heterocycles. The van der Waals surface area contributed by atoms with Gasteiger partial charge in [-0.1, -0.05) is 0 Å². The zero-order valence-electron chi connectivity index (χ0n) is 12.1. The second-order valence-corrected chi connectivity index (χ2v) is 6.79. The Morgan fingerprint density at radius 2 is 2.26 bits per heavy atom. The van der Waals surface area contributed by atoms with E-state index in [0.29, 0.717) is 30.3 Å². The molecule has 0 spiro atoms. The van der Waals surface area contributed by atoms with Gasteiger partial charge in [0.15, 0.2) is 0 Å². The largest absolute Gasteiger partial charge is 0.335 e. The highest BCUT2D eigenvalue weighted by molar-refractivity contribution is 7.12. The maximum atomic E-state index is 13.2. The lowest BCUT2D eigenvalue weighted by Gasteiger charge is -2.43. The van der Waals surface area contributed by atoms with E-state index in [9.17, 15) is 13.6 Å². The third-order valence-corrected chi connectivity index (χ3v) is 5.20. The first-order chi connectivity index (χ1) is 11.0. The smallest absolute Gasteiger partial charge is 0.264 e. The number of likely N-dealkylation sites (tertiary alicyclic amines) is 2. The normalized spacial score (nSPS) is 21.6. The van der Waals surface area contributed by atoms with Gasteiger partial charge in [-0.2, -0.15) is 5.21 Å². The van der Waals surface area contributed by atoms with E-state index in [0.717, 1.165) is 5.56 Å². The molecule has 122 valence electrons. The third-order valence-electron chi connectivity index (χ3n) is 4.28. The van der Waals surface area contributed by atoms with Crippen LogP contribution in [-0.2, 0) is 0 Å². The molecule has 0 radical (unpaired) electrons. The number of amides is 1. The monoisotopic (exact) mass is 340 g/mol. The molecular formula is C13H14F2N6OS. The summed E-state index contributed by atoms with van der Waals surface area (Å²) in [5.41, 5.74) is 0.739. The Kier molecular flexibility index (Phi) is 3.38. The van der Waals surface area contributed by atoms with Crippen LogP contribution in [0.3, 0.4) is 0 Å². The molecule has 2 aliphatic heterocycles. The minimum atomic E-state index is -2.59. The molecule has 2 saturated heterocycles. The van der Waals surface area contributed by atoms with Gasteiger partial charge in [-0.25, -0.2) is 8.78 Å². The summed E-state index contributed by atoms with van der Waals surface area (Å²) in [6.45, 7) is 1.22. The molecule has 4 rings (SSSR count). The number of aromatic nitrogens is 4. The SMILES string of the molecule is O=C(c1cc(-c2nn[nH]n2)cs1)N1CC(N2CCC(F)(F)C2)C1. The van der Waals surface area contributed by atoms with E-state index in [-0.39, 0.29) is 24.9 Å². The lowest BCUT2D eigenvalue weighted by atomic mass is 10.1. The van der Waals surface area contributed by atoms with E-state index < -0.39 is 5.92 Å². The Balaban J connectivity index is 1.36. The van der Waals surface area contributed by atoms with Crippen LogP contribution in [0.5, 0.6) is 0 Å². The van der Waals surface area contributed by atoms with Crippen molar-refractivity contribution in [2.45, 2.75) is 18.4 Å². The number of nitrogens with one attached hydrogen (secondary N) is 1. The Bertz CT molecular complexity index is 712. The van der Waals surface area contributed by atoms with Crippen molar-refractivity contribution in [2.24, 2.45) is 0 Å². The van der Waals surface area contributed by atoms with Gasteiger partial charge in [-0.05, 0) is 11.3 Å². The number of rotatable bonds is 3. The number of H-pyrrole nitrogens is 1. The molecule has 0 atom stereocenters. The predicted molar refractivity (Wildman–Crippen MR) is 78.3 cm³/mol. The van der Waals surface area contributed by atoms with E-state index in [2.05, 4.69) is 20.6 Å². The summed E-state index contributed by atoms with van der Waals surface area (Å²) < 4.78 is 26.5. The van der Waals surface area contributed by atoms with Gasteiger partial charge in [0, 0.05) is 43.0 Å². The summed E-state index contributed by atoms with van der Waals surface area (Å²) in [5.74, 6) is -2.22. The van der Waals surface area contributed by atoms with E-state index >= 15 is 0 Å². The third kappa shape index (κ3) is 2.72. The van der Waals surface area contributed by atoms with Crippen LogP contribution in [0.1, 0.15) is 16.1 Å². The summed E-state index contributed by atoms with van der Waals surface area (Å²) in [7, 11) is 0. The van der Waals surface area contributed by atoms with Gasteiger partial charge in [-0.15, -0.1) is 21.5 Å². The van der Waals surface area contributed by atoms with Crippen LogP contribution >= 0.6 is 11.3 Å². The first-order valence-electron chi connectivity index (χ1n) is 7.25. The molecule has 7 nitrogen and oxygen atoms in total. The van der Waals surface area contributed by atoms with Crippen LogP contribution in [0.25, 0.3) is 11.4 Å². The van der Waals surface area contributed by atoms with Crippen molar-refractivity contribution in [2.75, 3.05) is 26.2 Å².